The first-order valence-corrected chi connectivity index (χ1v) is 4.05. The largest absolute Gasteiger partial charge is 0.325 e. The Labute approximate surface area is 73.8 Å². The summed E-state index contributed by atoms with van der Waals surface area (Å²) in [6, 6.07) is 0. The molecule has 0 fully saturated rings. The van der Waals surface area contributed by atoms with Crippen molar-refractivity contribution in [3.05, 3.63) is 12.3 Å². The van der Waals surface area contributed by atoms with E-state index in [2.05, 4.69) is 11.9 Å². The van der Waals surface area contributed by atoms with E-state index >= 15 is 0 Å². The van der Waals surface area contributed by atoms with Gasteiger partial charge >= 0.3 is 0 Å². The van der Waals surface area contributed by atoms with Crippen molar-refractivity contribution in [2.24, 2.45) is 4.99 Å². The Bertz CT molecular complexity index is 185. The third kappa shape index (κ3) is 4.66. The molecule has 0 unspecified atom stereocenters. The predicted molar refractivity (Wildman–Crippen MR) is 51.2 cm³/mol. The van der Waals surface area contributed by atoms with Gasteiger partial charge in [-0.3, -0.25) is 9.79 Å². The summed E-state index contributed by atoms with van der Waals surface area (Å²) in [5, 5.41) is 0. The van der Waals surface area contributed by atoms with Crippen LogP contribution in [-0.2, 0) is 4.79 Å². The number of carbonyl (C=O) groups is 1. The number of amides is 1. The van der Waals surface area contributed by atoms with Crippen LogP contribution >= 0.6 is 0 Å². The standard InChI is InChI=1S/C9H16N2O/c1-4-5-9(10-2)6-7-11(3)8-12/h6-8H,4-5H2,1-3H3/b7-6-,10-9?. The lowest BCUT2D eigenvalue weighted by Gasteiger charge is -2.02. The SMILES string of the molecule is CCCC(/C=C\N(C)C=O)=NC. The van der Waals surface area contributed by atoms with Crippen LogP contribution in [0.1, 0.15) is 19.8 Å². The molecule has 0 radical (unpaired) electrons. The number of nitrogens with zero attached hydrogens (tertiary/aromatic N) is 2. The first kappa shape index (κ1) is 10.9. The number of rotatable bonds is 5. The molecule has 0 N–H and O–H groups in total. The maximum absolute atomic E-state index is 10.2. The van der Waals surface area contributed by atoms with Gasteiger partial charge in [-0.2, -0.15) is 0 Å². The highest BCUT2D eigenvalue weighted by Gasteiger charge is 1.90. The monoisotopic (exact) mass is 168 g/mol. The number of carbonyl (C=O) groups excluding carboxylic acids is 1. The molecule has 0 spiro atoms. The van der Waals surface area contributed by atoms with Crippen LogP contribution in [0.2, 0.25) is 0 Å². The number of hydrogen-bond donors (Lipinski definition) is 0. The summed E-state index contributed by atoms with van der Waals surface area (Å²) in [5.74, 6) is 0. The minimum Gasteiger partial charge on any atom is -0.325 e. The second kappa shape index (κ2) is 6.58. The van der Waals surface area contributed by atoms with Crippen LogP contribution in [0.3, 0.4) is 0 Å². The molecule has 0 atom stereocenters. The first-order valence-electron chi connectivity index (χ1n) is 4.05. The van der Waals surface area contributed by atoms with Gasteiger partial charge in [0.05, 0.1) is 0 Å². The van der Waals surface area contributed by atoms with Crippen molar-refractivity contribution in [3.63, 3.8) is 0 Å². The maximum Gasteiger partial charge on any atom is 0.213 e. The van der Waals surface area contributed by atoms with Crippen molar-refractivity contribution in [2.75, 3.05) is 14.1 Å². The second-order valence-electron chi connectivity index (χ2n) is 2.55. The van der Waals surface area contributed by atoms with Crippen LogP contribution in [0.4, 0.5) is 0 Å². The van der Waals surface area contributed by atoms with Crippen molar-refractivity contribution >= 4 is 12.1 Å². The molecule has 0 saturated carbocycles. The van der Waals surface area contributed by atoms with E-state index in [4.69, 9.17) is 0 Å². The van der Waals surface area contributed by atoms with Gasteiger partial charge < -0.3 is 4.90 Å². The molecule has 0 aromatic carbocycles. The zero-order valence-electron chi connectivity index (χ0n) is 7.95. The Hall–Kier alpha value is -1.12. The third-order valence-corrected chi connectivity index (χ3v) is 1.46. The lowest BCUT2D eigenvalue weighted by molar-refractivity contribution is -0.114. The molecule has 68 valence electrons. The van der Waals surface area contributed by atoms with Gasteiger partial charge in [-0.1, -0.05) is 13.3 Å². The fourth-order valence-electron chi connectivity index (χ4n) is 0.765. The van der Waals surface area contributed by atoms with E-state index < -0.39 is 0 Å². The van der Waals surface area contributed by atoms with Crippen LogP contribution in [-0.4, -0.2) is 31.1 Å². The van der Waals surface area contributed by atoms with Crippen LogP contribution in [0.25, 0.3) is 0 Å². The van der Waals surface area contributed by atoms with Crippen molar-refractivity contribution in [1.29, 1.82) is 0 Å². The molecule has 12 heavy (non-hydrogen) atoms. The average molecular weight is 168 g/mol. The molecule has 0 aliphatic carbocycles. The summed E-state index contributed by atoms with van der Waals surface area (Å²) < 4.78 is 0. The normalized spacial score (nSPS) is 12.1. The van der Waals surface area contributed by atoms with Crippen LogP contribution in [0, 0.1) is 0 Å². The van der Waals surface area contributed by atoms with Crippen LogP contribution < -0.4 is 0 Å². The van der Waals surface area contributed by atoms with E-state index in [-0.39, 0.29) is 0 Å². The van der Waals surface area contributed by atoms with E-state index in [1.165, 1.54) is 4.90 Å². The molecule has 0 aromatic rings. The smallest absolute Gasteiger partial charge is 0.213 e. The Balaban J connectivity index is 4.01. The molecular formula is C9H16N2O. The average Bonchev–Trinajstić information content (AvgIpc) is 2.11. The highest BCUT2D eigenvalue weighted by atomic mass is 16.1. The predicted octanol–water partition coefficient (Wildman–Crippen LogP) is 1.46. The van der Waals surface area contributed by atoms with Crippen LogP contribution in [0.5, 0.6) is 0 Å². The van der Waals surface area contributed by atoms with Crippen LogP contribution in [0.15, 0.2) is 17.3 Å². The van der Waals surface area contributed by atoms with Crippen molar-refractivity contribution in [2.45, 2.75) is 19.8 Å². The van der Waals surface area contributed by atoms with Gasteiger partial charge in [0.1, 0.15) is 0 Å². The molecule has 0 aromatic heterocycles. The Kier molecular flexibility index (Phi) is 5.97. The summed E-state index contributed by atoms with van der Waals surface area (Å²) in [4.78, 5) is 15.7. The number of hydrogen-bond acceptors (Lipinski definition) is 2. The van der Waals surface area contributed by atoms with Gasteiger partial charge in [0.25, 0.3) is 0 Å². The van der Waals surface area contributed by atoms with Crippen molar-refractivity contribution in [3.8, 4) is 0 Å². The fraction of sp³-hybridized carbons (Fsp3) is 0.556. The quantitative estimate of drug-likeness (QED) is 0.452. The lowest BCUT2D eigenvalue weighted by atomic mass is 10.2. The highest BCUT2D eigenvalue weighted by Crippen LogP contribution is 1.94. The molecule has 0 aliphatic rings. The van der Waals surface area contributed by atoms with Gasteiger partial charge in [0, 0.05) is 26.0 Å². The Morgan fingerprint density at radius 2 is 2.25 bits per heavy atom. The zero-order valence-corrected chi connectivity index (χ0v) is 7.95. The zero-order chi connectivity index (χ0) is 9.40. The van der Waals surface area contributed by atoms with E-state index in [0.29, 0.717) is 0 Å². The fourth-order valence-corrected chi connectivity index (χ4v) is 0.765. The summed E-state index contributed by atoms with van der Waals surface area (Å²) >= 11 is 0. The maximum atomic E-state index is 10.2. The Morgan fingerprint density at radius 1 is 1.58 bits per heavy atom. The molecular weight excluding hydrogens is 152 g/mol. The summed E-state index contributed by atoms with van der Waals surface area (Å²) in [6.45, 7) is 2.10. The minimum absolute atomic E-state index is 0.760. The minimum atomic E-state index is 0.760. The highest BCUT2D eigenvalue weighted by molar-refractivity contribution is 5.94. The number of aliphatic imine (C=N–C) groups is 1. The second-order valence-corrected chi connectivity index (χ2v) is 2.55. The van der Waals surface area contributed by atoms with Crippen molar-refractivity contribution < 1.29 is 4.79 Å². The van der Waals surface area contributed by atoms with E-state index in [1.807, 2.05) is 6.08 Å². The summed E-state index contributed by atoms with van der Waals surface area (Å²) in [7, 11) is 3.46. The van der Waals surface area contributed by atoms with E-state index in [1.54, 1.807) is 20.3 Å². The molecule has 3 nitrogen and oxygen atoms in total. The first-order chi connectivity index (χ1) is 5.74. The molecule has 3 heteroatoms. The molecule has 0 rings (SSSR count). The van der Waals surface area contributed by atoms with Gasteiger partial charge in [-0.25, -0.2) is 0 Å². The molecule has 1 amide bonds. The Morgan fingerprint density at radius 3 is 2.67 bits per heavy atom. The number of allylic oxidation sites excluding steroid dienone is 1. The van der Waals surface area contributed by atoms with Gasteiger partial charge in [-0.05, 0) is 12.5 Å². The van der Waals surface area contributed by atoms with Gasteiger partial charge in [-0.15, -0.1) is 0 Å². The van der Waals surface area contributed by atoms with Gasteiger partial charge in [0.2, 0.25) is 6.41 Å². The molecule has 0 aliphatic heterocycles. The molecule has 0 heterocycles. The summed E-state index contributed by atoms with van der Waals surface area (Å²) in [5.41, 5.74) is 1.02. The third-order valence-electron chi connectivity index (χ3n) is 1.46. The molecule has 0 saturated heterocycles. The lowest BCUT2D eigenvalue weighted by Crippen LogP contribution is -2.07. The summed E-state index contributed by atoms with van der Waals surface area (Å²) in [6.07, 6.45) is 6.36. The van der Waals surface area contributed by atoms with E-state index in [9.17, 15) is 4.79 Å². The van der Waals surface area contributed by atoms with Crippen molar-refractivity contribution in [1.82, 2.24) is 4.90 Å². The molecule has 0 bridgehead atoms. The topological polar surface area (TPSA) is 32.7 Å². The van der Waals surface area contributed by atoms with E-state index in [0.717, 1.165) is 25.0 Å². The van der Waals surface area contributed by atoms with Gasteiger partial charge in [0.15, 0.2) is 0 Å².